The first-order chi connectivity index (χ1) is 7.81. The molecule has 0 aliphatic carbocycles. The Bertz CT molecular complexity index is 590. The van der Waals surface area contributed by atoms with E-state index in [1.807, 2.05) is 24.3 Å². The molecular weight excluding hydrogens is 224 g/mol. The summed E-state index contributed by atoms with van der Waals surface area (Å²) in [5.41, 5.74) is 2.75. The van der Waals surface area contributed by atoms with E-state index in [0.29, 0.717) is 18.1 Å². The highest BCUT2D eigenvalue weighted by atomic mass is 35.5. The van der Waals surface area contributed by atoms with Crippen molar-refractivity contribution in [1.82, 2.24) is 0 Å². The highest BCUT2D eigenvalue weighted by molar-refractivity contribution is 6.18. The van der Waals surface area contributed by atoms with Gasteiger partial charge in [-0.1, -0.05) is 24.3 Å². The smallest absolute Gasteiger partial charge is 0.339 e. The molecule has 3 rings (SSSR count). The van der Waals surface area contributed by atoms with Crippen molar-refractivity contribution in [2.75, 3.05) is 0 Å². The number of ether oxygens (including phenoxy) is 1. The van der Waals surface area contributed by atoms with Crippen LogP contribution in [0.3, 0.4) is 0 Å². The molecule has 16 heavy (non-hydrogen) atoms. The molecule has 0 aromatic heterocycles. The van der Waals surface area contributed by atoms with E-state index in [1.165, 1.54) is 0 Å². The highest BCUT2D eigenvalue weighted by Gasteiger charge is 2.20. The molecular formula is C13H9ClO2. The summed E-state index contributed by atoms with van der Waals surface area (Å²) in [6.07, 6.45) is 0. The average molecular weight is 233 g/mol. The molecule has 1 aliphatic rings. The van der Waals surface area contributed by atoms with Gasteiger partial charge < -0.3 is 4.74 Å². The minimum atomic E-state index is -0.246. The van der Waals surface area contributed by atoms with Gasteiger partial charge in [0.15, 0.2) is 0 Å². The maximum Gasteiger partial charge on any atom is 0.339 e. The van der Waals surface area contributed by atoms with E-state index < -0.39 is 0 Å². The zero-order valence-corrected chi connectivity index (χ0v) is 9.25. The van der Waals surface area contributed by atoms with E-state index in [-0.39, 0.29) is 5.97 Å². The lowest BCUT2D eigenvalue weighted by molar-refractivity contribution is 0.0463. The van der Waals surface area contributed by atoms with Gasteiger partial charge in [0, 0.05) is 11.3 Å². The third-order valence-corrected chi connectivity index (χ3v) is 3.23. The summed E-state index contributed by atoms with van der Waals surface area (Å²) in [6.45, 7) is 0.356. The molecule has 0 bridgehead atoms. The number of benzene rings is 2. The second kappa shape index (κ2) is 3.49. The SMILES string of the molecule is O=C1OCc2ccc(CCl)c3cccc1c23. The molecule has 3 heteroatoms. The molecule has 1 heterocycles. The van der Waals surface area contributed by atoms with E-state index in [0.717, 1.165) is 21.9 Å². The minimum Gasteiger partial charge on any atom is -0.457 e. The molecule has 0 N–H and O–H groups in total. The first-order valence-corrected chi connectivity index (χ1v) is 5.61. The van der Waals surface area contributed by atoms with Crippen molar-refractivity contribution >= 4 is 28.3 Å². The monoisotopic (exact) mass is 232 g/mol. The van der Waals surface area contributed by atoms with Crippen LogP contribution in [-0.2, 0) is 17.2 Å². The first-order valence-electron chi connectivity index (χ1n) is 5.08. The third-order valence-electron chi connectivity index (χ3n) is 2.94. The van der Waals surface area contributed by atoms with Crippen LogP contribution in [-0.4, -0.2) is 5.97 Å². The molecule has 2 aromatic rings. The van der Waals surface area contributed by atoms with Crippen molar-refractivity contribution in [3.05, 3.63) is 47.0 Å². The zero-order valence-electron chi connectivity index (χ0n) is 8.50. The van der Waals surface area contributed by atoms with Crippen LogP contribution in [0.4, 0.5) is 0 Å². The predicted octanol–water partition coefficient (Wildman–Crippen LogP) is 3.25. The number of hydrogen-bond acceptors (Lipinski definition) is 2. The Balaban J connectivity index is 2.47. The number of carbonyl (C=O) groups excluding carboxylic acids is 1. The van der Waals surface area contributed by atoms with Crippen molar-refractivity contribution in [2.24, 2.45) is 0 Å². The fourth-order valence-corrected chi connectivity index (χ4v) is 2.40. The molecule has 0 spiro atoms. The van der Waals surface area contributed by atoms with Crippen LogP contribution in [0.25, 0.3) is 10.8 Å². The fraction of sp³-hybridized carbons (Fsp3) is 0.154. The summed E-state index contributed by atoms with van der Waals surface area (Å²) in [6, 6.07) is 9.64. The Labute approximate surface area is 97.8 Å². The Hall–Kier alpha value is -1.54. The van der Waals surface area contributed by atoms with Gasteiger partial charge in [-0.25, -0.2) is 4.79 Å². The molecule has 0 fully saturated rings. The minimum absolute atomic E-state index is 0.246. The number of alkyl halides is 1. The first kappa shape index (κ1) is 9.67. The zero-order chi connectivity index (χ0) is 11.1. The Morgan fingerprint density at radius 1 is 1.25 bits per heavy atom. The van der Waals surface area contributed by atoms with Gasteiger partial charge in [0.25, 0.3) is 0 Å². The van der Waals surface area contributed by atoms with E-state index in [1.54, 1.807) is 6.07 Å². The summed E-state index contributed by atoms with van der Waals surface area (Å²) < 4.78 is 5.10. The van der Waals surface area contributed by atoms with Crippen LogP contribution in [0.2, 0.25) is 0 Å². The highest BCUT2D eigenvalue weighted by Crippen LogP contribution is 2.31. The molecule has 0 saturated carbocycles. The van der Waals surface area contributed by atoms with E-state index in [2.05, 4.69) is 0 Å². The molecule has 0 unspecified atom stereocenters. The summed E-state index contributed by atoms with van der Waals surface area (Å²) in [7, 11) is 0. The lowest BCUT2D eigenvalue weighted by Gasteiger charge is -2.18. The van der Waals surface area contributed by atoms with Crippen molar-refractivity contribution < 1.29 is 9.53 Å². The van der Waals surface area contributed by atoms with E-state index in [4.69, 9.17) is 16.3 Å². The van der Waals surface area contributed by atoms with Crippen LogP contribution in [0.1, 0.15) is 21.5 Å². The summed E-state index contributed by atoms with van der Waals surface area (Å²) >= 11 is 5.89. The summed E-state index contributed by atoms with van der Waals surface area (Å²) in [5, 5.41) is 2.05. The van der Waals surface area contributed by atoms with E-state index in [9.17, 15) is 4.79 Å². The van der Waals surface area contributed by atoms with Crippen LogP contribution < -0.4 is 0 Å². The molecule has 2 aromatic carbocycles. The fourth-order valence-electron chi connectivity index (χ4n) is 2.17. The second-order valence-corrected chi connectivity index (χ2v) is 4.09. The molecule has 80 valence electrons. The quantitative estimate of drug-likeness (QED) is 0.557. The lowest BCUT2D eigenvalue weighted by Crippen LogP contribution is -2.12. The maximum atomic E-state index is 11.6. The van der Waals surface area contributed by atoms with Crippen LogP contribution in [0, 0.1) is 0 Å². The van der Waals surface area contributed by atoms with Crippen molar-refractivity contribution in [2.45, 2.75) is 12.5 Å². The molecule has 1 aliphatic heterocycles. The van der Waals surface area contributed by atoms with Gasteiger partial charge in [0.1, 0.15) is 6.61 Å². The molecule has 0 radical (unpaired) electrons. The number of carbonyl (C=O) groups is 1. The van der Waals surface area contributed by atoms with Gasteiger partial charge in [-0.3, -0.25) is 0 Å². The number of esters is 1. The lowest BCUT2D eigenvalue weighted by atomic mass is 9.95. The van der Waals surface area contributed by atoms with Crippen LogP contribution >= 0.6 is 11.6 Å². The van der Waals surface area contributed by atoms with Crippen LogP contribution in [0.5, 0.6) is 0 Å². The van der Waals surface area contributed by atoms with Crippen molar-refractivity contribution in [3.63, 3.8) is 0 Å². The predicted molar refractivity (Wildman–Crippen MR) is 62.6 cm³/mol. The normalized spacial score (nSPS) is 13.9. The Kier molecular flexibility index (Phi) is 2.11. The Morgan fingerprint density at radius 3 is 2.94 bits per heavy atom. The number of hydrogen-bond donors (Lipinski definition) is 0. The summed E-state index contributed by atoms with van der Waals surface area (Å²) in [5.74, 6) is 0.208. The number of halogens is 1. The largest absolute Gasteiger partial charge is 0.457 e. The second-order valence-electron chi connectivity index (χ2n) is 3.82. The van der Waals surface area contributed by atoms with Gasteiger partial charge in [0.2, 0.25) is 0 Å². The molecule has 0 amide bonds. The van der Waals surface area contributed by atoms with Crippen molar-refractivity contribution in [3.8, 4) is 0 Å². The Morgan fingerprint density at radius 2 is 2.12 bits per heavy atom. The standard InChI is InChI=1S/C13H9ClO2/c14-6-8-4-5-9-7-16-13(15)11-3-1-2-10(8)12(9)11/h1-5H,6-7H2. The van der Waals surface area contributed by atoms with Gasteiger partial charge in [-0.15, -0.1) is 11.6 Å². The molecule has 0 saturated heterocycles. The van der Waals surface area contributed by atoms with Gasteiger partial charge in [0.05, 0.1) is 5.56 Å². The maximum absolute atomic E-state index is 11.6. The summed E-state index contributed by atoms with van der Waals surface area (Å²) in [4.78, 5) is 11.6. The van der Waals surface area contributed by atoms with E-state index >= 15 is 0 Å². The molecule has 0 atom stereocenters. The van der Waals surface area contributed by atoms with Gasteiger partial charge in [-0.2, -0.15) is 0 Å². The average Bonchev–Trinajstić information content (AvgIpc) is 2.34. The number of cyclic esters (lactones) is 1. The van der Waals surface area contributed by atoms with Gasteiger partial charge >= 0.3 is 5.97 Å². The number of rotatable bonds is 1. The van der Waals surface area contributed by atoms with Crippen molar-refractivity contribution in [1.29, 1.82) is 0 Å². The molecule has 2 nitrogen and oxygen atoms in total. The van der Waals surface area contributed by atoms with Gasteiger partial charge in [-0.05, 0) is 22.6 Å². The topological polar surface area (TPSA) is 26.3 Å². The van der Waals surface area contributed by atoms with Crippen LogP contribution in [0.15, 0.2) is 30.3 Å². The third kappa shape index (κ3) is 1.23.